The van der Waals surface area contributed by atoms with Crippen molar-refractivity contribution in [3.63, 3.8) is 0 Å². The lowest BCUT2D eigenvalue weighted by Crippen LogP contribution is -2.33. The lowest BCUT2D eigenvalue weighted by atomic mass is 9.72. The van der Waals surface area contributed by atoms with Gasteiger partial charge in [-0.25, -0.2) is 0 Å². The van der Waals surface area contributed by atoms with Crippen molar-refractivity contribution in [2.45, 2.75) is 46.1 Å². The summed E-state index contributed by atoms with van der Waals surface area (Å²) in [4.78, 5) is 0. The minimum Gasteiger partial charge on any atom is -0.310 e. The van der Waals surface area contributed by atoms with Crippen LogP contribution >= 0.6 is 0 Å². The highest BCUT2D eigenvalue weighted by molar-refractivity contribution is 5.20. The second kappa shape index (κ2) is 6.38. The molecular formula is C17H27N. The summed E-state index contributed by atoms with van der Waals surface area (Å²) >= 11 is 0. The Morgan fingerprint density at radius 2 is 1.67 bits per heavy atom. The Morgan fingerprint density at radius 1 is 1.06 bits per heavy atom. The van der Waals surface area contributed by atoms with Gasteiger partial charge in [0.05, 0.1) is 0 Å². The Balaban J connectivity index is 2.14. The van der Waals surface area contributed by atoms with E-state index >= 15 is 0 Å². The predicted octanol–water partition coefficient (Wildman–Crippen LogP) is 4.41. The molecule has 0 bridgehead atoms. The van der Waals surface area contributed by atoms with Gasteiger partial charge in [0.25, 0.3) is 0 Å². The van der Waals surface area contributed by atoms with Gasteiger partial charge in [-0.2, -0.15) is 0 Å². The molecule has 18 heavy (non-hydrogen) atoms. The van der Waals surface area contributed by atoms with Crippen LogP contribution < -0.4 is 5.32 Å². The molecule has 1 heteroatoms. The summed E-state index contributed by atoms with van der Waals surface area (Å²) in [6, 6.07) is 11.5. The Kier molecular flexibility index (Phi) is 4.82. The summed E-state index contributed by atoms with van der Waals surface area (Å²) < 4.78 is 0. The second-order valence-electron chi connectivity index (χ2n) is 6.12. The SMILES string of the molecule is CCNC(c1ccccc1)C1CC(C)CC(C)C1. The van der Waals surface area contributed by atoms with Crippen LogP contribution in [-0.4, -0.2) is 6.54 Å². The second-order valence-corrected chi connectivity index (χ2v) is 6.12. The molecule has 0 saturated heterocycles. The highest BCUT2D eigenvalue weighted by Crippen LogP contribution is 2.39. The van der Waals surface area contributed by atoms with E-state index in [4.69, 9.17) is 0 Å². The molecule has 1 fully saturated rings. The van der Waals surface area contributed by atoms with Crippen molar-refractivity contribution in [3.05, 3.63) is 35.9 Å². The van der Waals surface area contributed by atoms with Crippen molar-refractivity contribution in [3.8, 4) is 0 Å². The fourth-order valence-electron chi connectivity index (χ4n) is 3.72. The molecule has 0 aliphatic heterocycles. The van der Waals surface area contributed by atoms with Crippen molar-refractivity contribution in [1.29, 1.82) is 0 Å². The van der Waals surface area contributed by atoms with Crippen LogP contribution in [0.3, 0.4) is 0 Å². The summed E-state index contributed by atoms with van der Waals surface area (Å²) in [7, 11) is 0. The first kappa shape index (κ1) is 13.6. The topological polar surface area (TPSA) is 12.0 Å². The Bertz CT molecular complexity index is 336. The van der Waals surface area contributed by atoms with Gasteiger partial charge in [0.15, 0.2) is 0 Å². The molecule has 1 aliphatic rings. The third kappa shape index (κ3) is 3.35. The zero-order valence-electron chi connectivity index (χ0n) is 12.0. The Hall–Kier alpha value is -0.820. The van der Waals surface area contributed by atoms with Gasteiger partial charge in [-0.05, 0) is 49.1 Å². The quantitative estimate of drug-likeness (QED) is 0.828. The molecule has 0 radical (unpaired) electrons. The minimum absolute atomic E-state index is 0.543. The maximum Gasteiger partial charge on any atom is 0.0348 e. The molecule has 0 heterocycles. The van der Waals surface area contributed by atoms with Crippen LogP contribution in [0.25, 0.3) is 0 Å². The fourth-order valence-corrected chi connectivity index (χ4v) is 3.72. The van der Waals surface area contributed by atoms with E-state index in [0.717, 1.165) is 24.3 Å². The molecule has 1 aromatic carbocycles. The standard InChI is InChI=1S/C17H27N/c1-4-18-17(15-8-6-5-7-9-15)16-11-13(2)10-14(3)12-16/h5-9,13-14,16-18H,4,10-12H2,1-3H3. The van der Waals surface area contributed by atoms with Crippen LogP contribution in [-0.2, 0) is 0 Å². The van der Waals surface area contributed by atoms with Gasteiger partial charge in [-0.1, -0.05) is 51.1 Å². The van der Waals surface area contributed by atoms with Gasteiger partial charge in [-0.3, -0.25) is 0 Å². The van der Waals surface area contributed by atoms with Gasteiger partial charge in [0.1, 0.15) is 0 Å². The summed E-state index contributed by atoms with van der Waals surface area (Å²) in [5, 5.41) is 3.71. The van der Waals surface area contributed by atoms with Crippen LogP contribution in [0, 0.1) is 17.8 Å². The highest BCUT2D eigenvalue weighted by atomic mass is 14.9. The van der Waals surface area contributed by atoms with Gasteiger partial charge in [-0.15, -0.1) is 0 Å². The molecule has 1 aliphatic carbocycles. The maximum atomic E-state index is 3.71. The van der Waals surface area contributed by atoms with E-state index in [9.17, 15) is 0 Å². The number of benzene rings is 1. The monoisotopic (exact) mass is 245 g/mol. The summed E-state index contributed by atoms with van der Waals surface area (Å²) in [6.07, 6.45) is 4.15. The van der Waals surface area contributed by atoms with Crippen molar-refractivity contribution in [1.82, 2.24) is 5.32 Å². The van der Waals surface area contributed by atoms with Crippen LogP contribution in [0.4, 0.5) is 0 Å². The molecule has 1 aromatic rings. The molecule has 3 atom stereocenters. The maximum absolute atomic E-state index is 3.71. The van der Waals surface area contributed by atoms with Gasteiger partial charge >= 0.3 is 0 Å². The average Bonchev–Trinajstić information content (AvgIpc) is 2.36. The summed E-state index contributed by atoms with van der Waals surface area (Å²) in [5.41, 5.74) is 1.46. The lowest BCUT2D eigenvalue weighted by Gasteiger charge is -2.37. The first-order valence-corrected chi connectivity index (χ1v) is 7.49. The van der Waals surface area contributed by atoms with Crippen LogP contribution in [0.1, 0.15) is 51.6 Å². The normalized spacial score (nSPS) is 30.1. The fraction of sp³-hybridized carbons (Fsp3) is 0.647. The predicted molar refractivity (Wildman–Crippen MR) is 78.5 cm³/mol. The van der Waals surface area contributed by atoms with E-state index in [1.165, 1.54) is 24.8 Å². The molecule has 0 amide bonds. The number of hydrogen-bond donors (Lipinski definition) is 1. The molecule has 0 spiro atoms. The van der Waals surface area contributed by atoms with E-state index in [2.05, 4.69) is 56.4 Å². The number of nitrogens with one attached hydrogen (secondary N) is 1. The van der Waals surface area contributed by atoms with Gasteiger partial charge < -0.3 is 5.32 Å². The zero-order chi connectivity index (χ0) is 13.0. The summed E-state index contributed by atoms with van der Waals surface area (Å²) in [5.74, 6) is 2.55. The van der Waals surface area contributed by atoms with E-state index in [1.54, 1.807) is 0 Å². The molecule has 1 saturated carbocycles. The largest absolute Gasteiger partial charge is 0.310 e. The molecule has 1 N–H and O–H groups in total. The average molecular weight is 245 g/mol. The smallest absolute Gasteiger partial charge is 0.0348 e. The van der Waals surface area contributed by atoms with Crippen molar-refractivity contribution >= 4 is 0 Å². The molecule has 3 unspecified atom stereocenters. The molecule has 100 valence electrons. The molecular weight excluding hydrogens is 218 g/mol. The van der Waals surface area contributed by atoms with Crippen molar-refractivity contribution in [2.24, 2.45) is 17.8 Å². The third-order valence-corrected chi connectivity index (χ3v) is 4.27. The Morgan fingerprint density at radius 3 is 2.22 bits per heavy atom. The molecule has 0 aromatic heterocycles. The van der Waals surface area contributed by atoms with Crippen LogP contribution in [0.15, 0.2) is 30.3 Å². The highest BCUT2D eigenvalue weighted by Gasteiger charge is 2.30. The van der Waals surface area contributed by atoms with E-state index < -0.39 is 0 Å². The van der Waals surface area contributed by atoms with E-state index in [1.807, 2.05) is 0 Å². The van der Waals surface area contributed by atoms with Crippen LogP contribution in [0.2, 0.25) is 0 Å². The van der Waals surface area contributed by atoms with E-state index in [0.29, 0.717) is 6.04 Å². The van der Waals surface area contributed by atoms with Crippen molar-refractivity contribution < 1.29 is 0 Å². The first-order valence-electron chi connectivity index (χ1n) is 7.49. The van der Waals surface area contributed by atoms with Crippen molar-refractivity contribution in [2.75, 3.05) is 6.54 Å². The van der Waals surface area contributed by atoms with Gasteiger partial charge in [0, 0.05) is 6.04 Å². The first-order chi connectivity index (χ1) is 8.70. The Labute approximate surface area is 112 Å². The molecule has 2 rings (SSSR count). The molecule has 1 nitrogen and oxygen atoms in total. The van der Waals surface area contributed by atoms with Gasteiger partial charge in [0.2, 0.25) is 0 Å². The van der Waals surface area contributed by atoms with Crippen LogP contribution in [0.5, 0.6) is 0 Å². The summed E-state index contributed by atoms with van der Waals surface area (Å²) in [6.45, 7) is 8.10. The zero-order valence-corrected chi connectivity index (χ0v) is 12.0. The lowest BCUT2D eigenvalue weighted by molar-refractivity contribution is 0.177. The number of hydrogen-bond acceptors (Lipinski definition) is 1. The van der Waals surface area contributed by atoms with E-state index in [-0.39, 0.29) is 0 Å². The minimum atomic E-state index is 0.543. The third-order valence-electron chi connectivity index (χ3n) is 4.27. The number of rotatable bonds is 4.